The van der Waals surface area contributed by atoms with Crippen LogP contribution in [-0.4, -0.2) is 50.2 Å². The van der Waals surface area contributed by atoms with Crippen LogP contribution in [0, 0.1) is 0 Å². The number of aliphatic hydroxyl groups excluding tert-OH is 1. The van der Waals surface area contributed by atoms with E-state index in [4.69, 9.17) is 30.5 Å². The van der Waals surface area contributed by atoms with Crippen molar-refractivity contribution in [3.8, 4) is 23.0 Å². The predicted molar refractivity (Wildman–Crippen MR) is 149 cm³/mol. The highest BCUT2D eigenvalue weighted by molar-refractivity contribution is 7.22. The van der Waals surface area contributed by atoms with Gasteiger partial charge in [0.1, 0.15) is 11.5 Å². The van der Waals surface area contributed by atoms with Gasteiger partial charge in [0.15, 0.2) is 16.6 Å². The Hall–Kier alpha value is -4.28. The maximum Gasteiger partial charge on any atom is 0.301 e. The fourth-order valence-electron chi connectivity index (χ4n) is 4.49. The number of nitrogens with zero attached hydrogens (tertiary/aromatic N) is 2. The molecule has 1 saturated heterocycles. The number of anilines is 1. The van der Waals surface area contributed by atoms with Crippen LogP contribution in [0.2, 0.25) is 5.02 Å². The minimum Gasteiger partial charge on any atom is -0.507 e. The lowest BCUT2D eigenvalue weighted by molar-refractivity contribution is -0.132. The summed E-state index contributed by atoms with van der Waals surface area (Å²) in [5.74, 6) is -0.451. The second-order valence-electron chi connectivity index (χ2n) is 8.46. The minimum absolute atomic E-state index is 0.117. The third-order valence-corrected chi connectivity index (χ3v) is 7.62. The number of Topliss-reactive ketones (excluding diaryl/α,β-unsaturated/α-hetero) is 1. The molecule has 0 radical (unpaired) electrons. The maximum absolute atomic E-state index is 13.6. The van der Waals surface area contributed by atoms with Gasteiger partial charge in [-0.3, -0.25) is 14.5 Å². The number of ether oxygens (including phenoxy) is 4. The van der Waals surface area contributed by atoms with Crippen LogP contribution in [0.3, 0.4) is 0 Å². The van der Waals surface area contributed by atoms with Gasteiger partial charge in [-0.1, -0.05) is 22.9 Å². The van der Waals surface area contributed by atoms with Crippen molar-refractivity contribution in [1.29, 1.82) is 0 Å². The normalized spacial score (nSPS) is 16.5. The van der Waals surface area contributed by atoms with E-state index in [2.05, 4.69) is 4.98 Å². The summed E-state index contributed by atoms with van der Waals surface area (Å²) in [6, 6.07) is 13.9. The zero-order chi connectivity index (χ0) is 27.8. The number of carbonyl (C=O) groups is 2. The number of aromatic nitrogens is 1. The highest BCUT2D eigenvalue weighted by atomic mass is 35.5. The Balaban J connectivity index is 1.77. The van der Waals surface area contributed by atoms with Crippen LogP contribution in [0.4, 0.5) is 5.13 Å². The average Bonchev–Trinajstić information content (AvgIpc) is 3.49. The largest absolute Gasteiger partial charge is 0.507 e. The van der Waals surface area contributed by atoms with E-state index >= 15 is 0 Å². The molecule has 0 spiro atoms. The molecule has 1 aliphatic rings. The van der Waals surface area contributed by atoms with E-state index in [-0.39, 0.29) is 16.5 Å². The molecule has 1 amide bonds. The van der Waals surface area contributed by atoms with Crippen molar-refractivity contribution in [3.05, 3.63) is 76.3 Å². The van der Waals surface area contributed by atoms with E-state index < -0.39 is 17.7 Å². The molecule has 0 saturated carbocycles. The fourth-order valence-corrected chi connectivity index (χ4v) is 5.64. The summed E-state index contributed by atoms with van der Waals surface area (Å²) in [7, 11) is 5.96. The van der Waals surface area contributed by atoms with Crippen LogP contribution >= 0.6 is 22.9 Å². The number of hydrogen-bond donors (Lipinski definition) is 1. The lowest BCUT2D eigenvalue weighted by atomic mass is 9.95. The summed E-state index contributed by atoms with van der Waals surface area (Å²) in [6.45, 7) is 0. The van der Waals surface area contributed by atoms with Gasteiger partial charge in [0.05, 0.1) is 50.3 Å². The number of hydrogen-bond acceptors (Lipinski definition) is 9. The number of amides is 1. The molecule has 5 rings (SSSR count). The molecule has 1 aliphatic heterocycles. The van der Waals surface area contributed by atoms with E-state index in [1.165, 1.54) is 37.6 Å². The van der Waals surface area contributed by atoms with Crippen molar-refractivity contribution in [1.82, 2.24) is 4.98 Å². The molecule has 1 atom stereocenters. The third-order valence-electron chi connectivity index (χ3n) is 6.36. The van der Waals surface area contributed by atoms with Gasteiger partial charge in [-0.15, -0.1) is 0 Å². The first-order valence-corrected chi connectivity index (χ1v) is 12.8. The van der Waals surface area contributed by atoms with Crippen LogP contribution in [0.5, 0.6) is 23.0 Å². The summed E-state index contributed by atoms with van der Waals surface area (Å²) in [5, 5.41) is 12.1. The Kier molecular flexibility index (Phi) is 7.07. The number of aliphatic hydroxyl groups is 1. The summed E-state index contributed by atoms with van der Waals surface area (Å²) in [6.07, 6.45) is 0. The van der Waals surface area contributed by atoms with E-state index in [0.717, 1.165) is 4.70 Å². The summed E-state index contributed by atoms with van der Waals surface area (Å²) >= 11 is 7.25. The number of halogens is 1. The molecule has 1 aromatic heterocycles. The number of thiazole rings is 1. The zero-order valence-electron chi connectivity index (χ0n) is 21.4. The van der Waals surface area contributed by atoms with Crippen molar-refractivity contribution < 1.29 is 33.6 Å². The first kappa shape index (κ1) is 26.3. The van der Waals surface area contributed by atoms with Crippen molar-refractivity contribution in [2.24, 2.45) is 0 Å². The van der Waals surface area contributed by atoms with Gasteiger partial charge in [0, 0.05) is 10.6 Å². The van der Waals surface area contributed by atoms with Gasteiger partial charge in [-0.25, -0.2) is 4.98 Å². The molecular weight excluding hydrogens is 544 g/mol. The number of benzene rings is 3. The molecule has 2 heterocycles. The van der Waals surface area contributed by atoms with Crippen LogP contribution in [0.25, 0.3) is 16.0 Å². The molecule has 200 valence electrons. The Morgan fingerprint density at radius 2 is 1.59 bits per heavy atom. The number of methoxy groups -OCH3 is 4. The monoisotopic (exact) mass is 566 g/mol. The second kappa shape index (κ2) is 10.5. The molecule has 1 N–H and O–H groups in total. The summed E-state index contributed by atoms with van der Waals surface area (Å²) in [5.41, 5.74) is 1.27. The molecule has 0 aliphatic carbocycles. The lowest BCUT2D eigenvalue weighted by Crippen LogP contribution is -2.29. The van der Waals surface area contributed by atoms with Crippen LogP contribution in [0.1, 0.15) is 17.2 Å². The SMILES string of the molecule is COc1ccc2nc(N3C(=O)C(=O)/C(=C(/O)c4ccc(Cl)cc4)[C@H]3c3cc(OC)c(OC)c(OC)c3)sc2c1. The summed E-state index contributed by atoms with van der Waals surface area (Å²) < 4.78 is 22.6. The number of carbonyl (C=O) groups excluding carboxylic acids is 2. The van der Waals surface area contributed by atoms with Gasteiger partial charge in [0.2, 0.25) is 5.75 Å². The average molecular weight is 567 g/mol. The van der Waals surface area contributed by atoms with Crippen molar-refractivity contribution in [2.75, 3.05) is 33.3 Å². The minimum atomic E-state index is -1.06. The zero-order valence-corrected chi connectivity index (χ0v) is 22.9. The molecule has 11 heteroatoms. The standard InChI is InChI=1S/C28H23ClN2O7S/c1-35-17-9-10-18-21(13-17)39-28(30-18)31-23(15-11-19(36-2)26(38-4)20(12-15)37-3)22(25(33)27(31)34)24(32)14-5-7-16(29)8-6-14/h5-13,23,32H,1-4H3/b24-22+/t23-/m1/s1. The van der Waals surface area contributed by atoms with E-state index in [1.807, 2.05) is 0 Å². The van der Waals surface area contributed by atoms with Gasteiger partial charge < -0.3 is 24.1 Å². The summed E-state index contributed by atoms with van der Waals surface area (Å²) in [4.78, 5) is 33.0. The van der Waals surface area contributed by atoms with E-state index in [1.54, 1.807) is 61.7 Å². The van der Waals surface area contributed by atoms with Crippen molar-refractivity contribution >= 4 is 55.7 Å². The molecule has 9 nitrogen and oxygen atoms in total. The van der Waals surface area contributed by atoms with Crippen LogP contribution in [0.15, 0.2) is 60.2 Å². The van der Waals surface area contributed by atoms with Gasteiger partial charge >= 0.3 is 5.91 Å². The first-order valence-electron chi connectivity index (χ1n) is 11.6. The van der Waals surface area contributed by atoms with Crippen molar-refractivity contribution in [3.63, 3.8) is 0 Å². The van der Waals surface area contributed by atoms with Gasteiger partial charge in [-0.2, -0.15) is 0 Å². The molecule has 39 heavy (non-hydrogen) atoms. The molecule has 0 bridgehead atoms. The Morgan fingerprint density at radius 3 is 2.18 bits per heavy atom. The fraction of sp³-hybridized carbons (Fsp3) is 0.179. The number of fused-ring (bicyclic) bond motifs is 1. The molecule has 4 aromatic rings. The van der Waals surface area contributed by atoms with Crippen LogP contribution in [-0.2, 0) is 9.59 Å². The Bertz CT molecular complexity index is 1610. The van der Waals surface area contributed by atoms with E-state index in [0.29, 0.717) is 44.7 Å². The van der Waals surface area contributed by atoms with Crippen LogP contribution < -0.4 is 23.8 Å². The Morgan fingerprint density at radius 1 is 0.923 bits per heavy atom. The number of ketones is 1. The van der Waals surface area contributed by atoms with E-state index in [9.17, 15) is 14.7 Å². The quantitative estimate of drug-likeness (QED) is 0.175. The predicted octanol–water partition coefficient (Wildman–Crippen LogP) is 5.61. The third kappa shape index (κ3) is 4.51. The lowest BCUT2D eigenvalue weighted by Gasteiger charge is -2.24. The topological polar surface area (TPSA) is 107 Å². The smallest absolute Gasteiger partial charge is 0.301 e. The van der Waals surface area contributed by atoms with Crippen molar-refractivity contribution in [2.45, 2.75) is 6.04 Å². The highest BCUT2D eigenvalue weighted by Crippen LogP contribution is 2.48. The molecular formula is C28H23ClN2O7S. The molecule has 3 aromatic carbocycles. The second-order valence-corrected chi connectivity index (χ2v) is 9.91. The highest BCUT2D eigenvalue weighted by Gasteiger charge is 2.48. The molecule has 1 fully saturated rings. The van der Waals surface area contributed by atoms with Gasteiger partial charge in [0.25, 0.3) is 5.78 Å². The maximum atomic E-state index is 13.6. The first-order chi connectivity index (χ1) is 18.8. The Labute approximate surface area is 232 Å². The van der Waals surface area contributed by atoms with Gasteiger partial charge in [-0.05, 0) is 60.2 Å². The number of rotatable bonds is 7. The molecule has 0 unspecified atom stereocenters.